The Morgan fingerprint density at radius 3 is 2.67 bits per heavy atom. The molecule has 1 heterocycles. The quantitative estimate of drug-likeness (QED) is 0.877. The SMILES string of the molecule is CC(CO)(c1ccc(F)cc1Cl)N1CCNCC1. The van der Waals surface area contributed by atoms with E-state index in [0.717, 1.165) is 31.7 Å². The molecular weight excluding hydrogens is 255 g/mol. The Labute approximate surface area is 112 Å². The summed E-state index contributed by atoms with van der Waals surface area (Å²) in [6.07, 6.45) is 0. The van der Waals surface area contributed by atoms with E-state index in [2.05, 4.69) is 10.2 Å². The molecule has 18 heavy (non-hydrogen) atoms. The fourth-order valence-corrected chi connectivity index (χ4v) is 2.81. The summed E-state index contributed by atoms with van der Waals surface area (Å²) >= 11 is 6.12. The Balaban J connectivity index is 2.35. The summed E-state index contributed by atoms with van der Waals surface area (Å²) in [4.78, 5) is 2.18. The van der Waals surface area contributed by atoms with Gasteiger partial charge in [0, 0.05) is 31.2 Å². The van der Waals surface area contributed by atoms with Gasteiger partial charge in [-0.05, 0) is 24.6 Å². The van der Waals surface area contributed by atoms with Gasteiger partial charge in [0.25, 0.3) is 0 Å². The molecule has 2 rings (SSSR count). The number of aliphatic hydroxyl groups excluding tert-OH is 1. The first-order chi connectivity index (χ1) is 8.58. The Bertz CT molecular complexity index is 423. The van der Waals surface area contributed by atoms with Gasteiger partial charge < -0.3 is 10.4 Å². The first-order valence-corrected chi connectivity index (χ1v) is 6.48. The summed E-state index contributed by atoms with van der Waals surface area (Å²) in [6.45, 7) is 5.34. The van der Waals surface area contributed by atoms with Gasteiger partial charge in [0.1, 0.15) is 5.82 Å². The van der Waals surface area contributed by atoms with Crippen LogP contribution in [-0.2, 0) is 5.54 Å². The molecule has 1 fully saturated rings. The van der Waals surface area contributed by atoms with Crippen LogP contribution in [0.15, 0.2) is 18.2 Å². The van der Waals surface area contributed by atoms with Gasteiger partial charge in [-0.25, -0.2) is 4.39 Å². The van der Waals surface area contributed by atoms with Gasteiger partial charge in [0.05, 0.1) is 12.1 Å². The van der Waals surface area contributed by atoms with Gasteiger partial charge in [-0.3, -0.25) is 4.90 Å². The molecule has 0 bridgehead atoms. The Morgan fingerprint density at radius 2 is 2.11 bits per heavy atom. The van der Waals surface area contributed by atoms with Crippen molar-refractivity contribution in [2.75, 3.05) is 32.8 Å². The normalized spacial score (nSPS) is 20.7. The number of aliphatic hydroxyl groups is 1. The highest BCUT2D eigenvalue weighted by molar-refractivity contribution is 6.31. The van der Waals surface area contributed by atoms with Crippen LogP contribution in [0.5, 0.6) is 0 Å². The third kappa shape index (κ3) is 2.52. The average Bonchev–Trinajstić information content (AvgIpc) is 2.39. The predicted octanol–water partition coefficient (Wildman–Crippen LogP) is 1.59. The number of piperazine rings is 1. The molecule has 0 aromatic heterocycles. The summed E-state index contributed by atoms with van der Waals surface area (Å²) in [5.41, 5.74) is 0.211. The van der Waals surface area contributed by atoms with Crippen molar-refractivity contribution in [3.63, 3.8) is 0 Å². The lowest BCUT2D eigenvalue weighted by Gasteiger charge is -2.43. The monoisotopic (exact) mass is 272 g/mol. The van der Waals surface area contributed by atoms with Crippen molar-refractivity contribution in [3.05, 3.63) is 34.6 Å². The molecule has 3 nitrogen and oxygen atoms in total. The molecule has 2 N–H and O–H groups in total. The zero-order valence-electron chi connectivity index (χ0n) is 10.4. The minimum Gasteiger partial charge on any atom is -0.394 e. The van der Waals surface area contributed by atoms with Crippen LogP contribution in [0.2, 0.25) is 5.02 Å². The van der Waals surface area contributed by atoms with E-state index < -0.39 is 5.54 Å². The molecule has 0 aliphatic carbocycles. The summed E-state index contributed by atoms with van der Waals surface area (Å²) < 4.78 is 13.1. The fraction of sp³-hybridized carbons (Fsp3) is 0.538. The molecule has 0 radical (unpaired) electrons. The third-order valence-electron chi connectivity index (χ3n) is 3.63. The van der Waals surface area contributed by atoms with Crippen LogP contribution in [0.3, 0.4) is 0 Å². The molecule has 0 spiro atoms. The zero-order valence-corrected chi connectivity index (χ0v) is 11.2. The maximum atomic E-state index is 13.1. The molecule has 1 aromatic rings. The van der Waals surface area contributed by atoms with Crippen LogP contribution in [0, 0.1) is 5.82 Å². The van der Waals surface area contributed by atoms with Crippen molar-refractivity contribution in [1.82, 2.24) is 10.2 Å². The minimum atomic E-state index is -0.563. The molecule has 1 aliphatic heterocycles. The van der Waals surface area contributed by atoms with E-state index in [4.69, 9.17) is 11.6 Å². The second-order valence-corrected chi connectivity index (χ2v) is 5.20. The molecular formula is C13H18ClFN2O. The minimum absolute atomic E-state index is 0.0433. The molecule has 1 atom stereocenters. The van der Waals surface area contributed by atoms with Crippen LogP contribution in [-0.4, -0.2) is 42.8 Å². The summed E-state index contributed by atoms with van der Waals surface area (Å²) in [5, 5.41) is 13.4. The lowest BCUT2D eigenvalue weighted by atomic mass is 9.90. The maximum Gasteiger partial charge on any atom is 0.124 e. The molecule has 5 heteroatoms. The van der Waals surface area contributed by atoms with E-state index in [0.29, 0.717) is 5.02 Å². The number of hydrogen-bond acceptors (Lipinski definition) is 3. The van der Waals surface area contributed by atoms with Gasteiger partial charge in [0.2, 0.25) is 0 Å². The van der Waals surface area contributed by atoms with Crippen molar-refractivity contribution in [2.24, 2.45) is 0 Å². The first kappa shape index (κ1) is 13.7. The van der Waals surface area contributed by atoms with E-state index in [9.17, 15) is 9.50 Å². The molecule has 0 saturated carbocycles. The zero-order chi connectivity index (χ0) is 13.2. The number of hydrogen-bond donors (Lipinski definition) is 2. The third-order valence-corrected chi connectivity index (χ3v) is 3.95. The van der Waals surface area contributed by atoms with E-state index in [1.54, 1.807) is 6.07 Å². The number of nitrogens with zero attached hydrogens (tertiary/aromatic N) is 1. The van der Waals surface area contributed by atoms with Gasteiger partial charge in [0.15, 0.2) is 0 Å². The van der Waals surface area contributed by atoms with Crippen molar-refractivity contribution in [2.45, 2.75) is 12.5 Å². The number of nitrogens with one attached hydrogen (secondary N) is 1. The van der Waals surface area contributed by atoms with E-state index in [-0.39, 0.29) is 12.4 Å². The maximum absolute atomic E-state index is 13.1. The first-order valence-electron chi connectivity index (χ1n) is 6.10. The molecule has 0 amide bonds. The van der Waals surface area contributed by atoms with Crippen molar-refractivity contribution < 1.29 is 9.50 Å². The Morgan fingerprint density at radius 1 is 1.44 bits per heavy atom. The van der Waals surface area contributed by atoms with Gasteiger partial charge in [-0.1, -0.05) is 17.7 Å². The second kappa shape index (κ2) is 5.53. The summed E-state index contributed by atoms with van der Waals surface area (Å²) in [7, 11) is 0. The summed E-state index contributed by atoms with van der Waals surface area (Å²) in [5.74, 6) is -0.357. The highest BCUT2D eigenvalue weighted by Gasteiger charge is 2.35. The predicted molar refractivity (Wildman–Crippen MR) is 70.3 cm³/mol. The average molecular weight is 273 g/mol. The van der Waals surface area contributed by atoms with Gasteiger partial charge in [-0.2, -0.15) is 0 Å². The van der Waals surface area contributed by atoms with E-state index >= 15 is 0 Å². The fourth-order valence-electron chi connectivity index (χ4n) is 2.44. The van der Waals surface area contributed by atoms with Gasteiger partial charge in [-0.15, -0.1) is 0 Å². The highest BCUT2D eigenvalue weighted by Crippen LogP contribution is 2.33. The molecule has 100 valence electrons. The van der Waals surface area contributed by atoms with Crippen LogP contribution in [0.25, 0.3) is 0 Å². The molecule has 1 aliphatic rings. The molecule has 1 aromatic carbocycles. The lowest BCUT2D eigenvalue weighted by molar-refractivity contribution is 0.0312. The number of rotatable bonds is 3. The summed E-state index contributed by atoms with van der Waals surface area (Å²) in [6, 6.07) is 4.35. The van der Waals surface area contributed by atoms with Crippen LogP contribution < -0.4 is 5.32 Å². The van der Waals surface area contributed by atoms with E-state index in [1.807, 2.05) is 6.92 Å². The van der Waals surface area contributed by atoms with Crippen molar-refractivity contribution >= 4 is 11.6 Å². The van der Waals surface area contributed by atoms with Crippen molar-refractivity contribution in [1.29, 1.82) is 0 Å². The highest BCUT2D eigenvalue weighted by atomic mass is 35.5. The molecule has 1 unspecified atom stereocenters. The second-order valence-electron chi connectivity index (χ2n) is 4.79. The topological polar surface area (TPSA) is 35.5 Å². The van der Waals surface area contributed by atoms with Crippen LogP contribution in [0.4, 0.5) is 4.39 Å². The smallest absolute Gasteiger partial charge is 0.124 e. The number of benzene rings is 1. The van der Waals surface area contributed by atoms with Crippen LogP contribution >= 0.6 is 11.6 Å². The Hall–Kier alpha value is -0.680. The van der Waals surface area contributed by atoms with Crippen LogP contribution in [0.1, 0.15) is 12.5 Å². The standard InChI is InChI=1S/C13H18ClFN2O/c1-13(9-18,17-6-4-16-5-7-17)11-3-2-10(15)8-12(11)14/h2-3,8,16,18H,4-7,9H2,1H3. The van der Waals surface area contributed by atoms with Gasteiger partial charge >= 0.3 is 0 Å². The molecule has 1 saturated heterocycles. The number of halogens is 2. The van der Waals surface area contributed by atoms with Crippen molar-refractivity contribution in [3.8, 4) is 0 Å². The van der Waals surface area contributed by atoms with E-state index in [1.165, 1.54) is 12.1 Å². The lowest BCUT2D eigenvalue weighted by Crippen LogP contribution is -2.54. The Kier molecular flexibility index (Phi) is 4.22. The largest absolute Gasteiger partial charge is 0.394 e.